The van der Waals surface area contributed by atoms with E-state index < -0.39 is 0 Å². The molecule has 3 rings (SSSR count). The monoisotopic (exact) mass is 286 g/mol. The minimum atomic E-state index is 0.227. The van der Waals surface area contributed by atoms with Crippen LogP contribution in [0.1, 0.15) is 43.2 Å². The van der Waals surface area contributed by atoms with Crippen LogP contribution in [0.25, 0.3) is 0 Å². The van der Waals surface area contributed by atoms with Crippen molar-refractivity contribution in [1.29, 1.82) is 0 Å². The number of hydrogen-bond donors (Lipinski definition) is 2. The Hall–Kier alpha value is -1.35. The van der Waals surface area contributed by atoms with E-state index in [1.54, 1.807) is 0 Å². The lowest BCUT2D eigenvalue weighted by Crippen LogP contribution is -2.40. The minimum Gasteiger partial charge on any atom is -0.353 e. The van der Waals surface area contributed by atoms with Crippen molar-refractivity contribution < 1.29 is 4.79 Å². The maximum absolute atomic E-state index is 12.3. The van der Waals surface area contributed by atoms with E-state index in [-0.39, 0.29) is 5.91 Å². The summed E-state index contributed by atoms with van der Waals surface area (Å²) in [5, 5.41) is 3.23. The Bertz CT molecular complexity index is 500. The second kappa shape index (κ2) is 6.61. The van der Waals surface area contributed by atoms with Crippen molar-refractivity contribution >= 4 is 5.91 Å². The van der Waals surface area contributed by atoms with Gasteiger partial charge in [0, 0.05) is 12.5 Å². The van der Waals surface area contributed by atoms with Crippen LogP contribution in [0.3, 0.4) is 0 Å². The number of carbonyl (C=O) groups is 1. The fraction of sp³-hybridized carbons (Fsp3) is 0.611. The molecule has 114 valence electrons. The van der Waals surface area contributed by atoms with Crippen LogP contribution in [-0.4, -0.2) is 18.5 Å². The van der Waals surface area contributed by atoms with E-state index in [1.165, 1.54) is 17.5 Å². The Labute approximate surface area is 127 Å². The molecule has 0 saturated heterocycles. The summed E-state index contributed by atoms with van der Waals surface area (Å²) in [6.07, 6.45) is 7.43. The van der Waals surface area contributed by atoms with Gasteiger partial charge in [-0.1, -0.05) is 30.7 Å². The van der Waals surface area contributed by atoms with Crippen LogP contribution in [0.5, 0.6) is 0 Å². The molecule has 1 amide bonds. The maximum atomic E-state index is 12.3. The van der Waals surface area contributed by atoms with Gasteiger partial charge in [-0.15, -0.1) is 0 Å². The van der Waals surface area contributed by atoms with Gasteiger partial charge < -0.3 is 11.1 Å². The van der Waals surface area contributed by atoms with Gasteiger partial charge in [0.15, 0.2) is 0 Å². The smallest absolute Gasteiger partial charge is 0.220 e. The molecule has 0 spiro atoms. The van der Waals surface area contributed by atoms with Crippen molar-refractivity contribution in [1.82, 2.24) is 5.32 Å². The van der Waals surface area contributed by atoms with Crippen molar-refractivity contribution in [3.05, 3.63) is 35.4 Å². The third kappa shape index (κ3) is 3.46. The zero-order valence-corrected chi connectivity index (χ0v) is 12.7. The third-order valence-electron chi connectivity index (χ3n) is 5.23. The Morgan fingerprint density at radius 3 is 2.81 bits per heavy atom. The van der Waals surface area contributed by atoms with Gasteiger partial charge in [-0.25, -0.2) is 0 Å². The number of fused-ring (bicyclic) bond motifs is 1. The number of carbonyl (C=O) groups excluding carboxylic acids is 1. The van der Waals surface area contributed by atoms with Gasteiger partial charge in [-0.3, -0.25) is 4.79 Å². The summed E-state index contributed by atoms with van der Waals surface area (Å²) < 4.78 is 0. The Morgan fingerprint density at radius 1 is 1.19 bits per heavy atom. The molecule has 1 saturated carbocycles. The number of aryl methyl sites for hydroxylation is 1. The predicted molar refractivity (Wildman–Crippen MR) is 84.9 cm³/mol. The molecule has 3 N–H and O–H groups in total. The molecule has 3 nitrogen and oxygen atoms in total. The summed E-state index contributed by atoms with van der Waals surface area (Å²) in [6, 6.07) is 8.96. The van der Waals surface area contributed by atoms with Crippen LogP contribution in [-0.2, 0) is 17.6 Å². The van der Waals surface area contributed by atoms with E-state index in [1.807, 2.05) is 0 Å². The molecule has 0 heterocycles. The van der Waals surface area contributed by atoms with Crippen LogP contribution < -0.4 is 11.1 Å². The van der Waals surface area contributed by atoms with E-state index in [0.29, 0.717) is 30.8 Å². The van der Waals surface area contributed by atoms with Gasteiger partial charge >= 0.3 is 0 Å². The van der Waals surface area contributed by atoms with Gasteiger partial charge in [-0.05, 0) is 61.6 Å². The summed E-state index contributed by atoms with van der Waals surface area (Å²) in [5.41, 5.74) is 8.68. The van der Waals surface area contributed by atoms with E-state index >= 15 is 0 Å². The Balaban J connectivity index is 1.52. The average Bonchev–Trinajstić information content (AvgIpc) is 2.94. The van der Waals surface area contributed by atoms with E-state index in [2.05, 4.69) is 29.6 Å². The highest BCUT2D eigenvalue weighted by Crippen LogP contribution is 2.28. The number of hydrogen-bond acceptors (Lipinski definition) is 2. The van der Waals surface area contributed by atoms with Crippen LogP contribution >= 0.6 is 0 Å². The quantitative estimate of drug-likeness (QED) is 0.893. The molecule has 1 fully saturated rings. The van der Waals surface area contributed by atoms with Gasteiger partial charge in [0.05, 0.1) is 0 Å². The van der Waals surface area contributed by atoms with Crippen molar-refractivity contribution in [2.75, 3.05) is 6.54 Å². The van der Waals surface area contributed by atoms with Crippen LogP contribution in [0.2, 0.25) is 0 Å². The highest BCUT2D eigenvalue weighted by molar-refractivity contribution is 5.76. The molecule has 0 aliphatic heterocycles. The number of amides is 1. The molecule has 2 aliphatic carbocycles. The fourth-order valence-electron chi connectivity index (χ4n) is 3.98. The SMILES string of the molecule is NCC1CCCC1NC(=O)CC1CCc2ccccc2C1. The zero-order valence-electron chi connectivity index (χ0n) is 12.7. The third-order valence-corrected chi connectivity index (χ3v) is 5.23. The van der Waals surface area contributed by atoms with Gasteiger partial charge in [0.1, 0.15) is 0 Å². The highest BCUT2D eigenvalue weighted by atomic mass is 16.1. The average molecular weight is 286 g/mol. The molecule has 3 heteroatoms. The standard InChI is InChI=1S/C18H26N2O/c19-12-16-6-3-7-17(16)20-18(21)11-13-8-9-14-4-1-2-5-15(14)10-13/h1-2,4-5,13,16-17H,3,6-12,19H2,(H,20,21). The Morgan fingerprint density at radius 2 is 2.00 bits per heavy atom. The lowest BCUT2D eigenvalue weighted by atomic mass is 9.82. The van der Waals surface area contributed by atoms with Crippen molar-refractivity contribution in [2.45, 2.75) is 51.0 Å². The number of nitrogens with two attached hydrogens (primary N) is 1. The largest absolute Gasteiger partial charge is 0.353 e. The second-order valence-electron chi connectivity index (χ2n) is 6.68. The van der Waals surface area contributed by atoms with E-state index in [9.17, 15) is 4.79 Å². The molecule has 1 aromatic carbocycles. The lowest BCUT2D eigenvalue weighted by Gasteiger charge is -2.25. The first-order chi connectivity index (χ1) is 10.3. The van der Waals surface area contributed by atoms with Crippen LogP contribution in [0.4, 0.5) is 0 Å². The number of rotatable bonds is 4. The Kier molecular flexibility index (Phi) is 4.59. The van der Waals surface area contributed by atoms with Crippen LogP contribution in [0, 0.1) is 11.8 Å². The van der Waals surface area contributed by atoms with Crippen molar-refractivity contribution in [3.63, 3.8) is 0 Å². The number of nitrogens with one attached hydrogen (secondary N) is 1. The molecule has 3 atom stereocenters. The minimum absolute atomic E-state index is 0.227. The summed E-state index contributed by atoms with van der Waals surface area (Å²) in [5.74, 6) is 1.21. The molecule has 0 bridgehead atoms. The molecule has 1 aromatic rings. The maximum Gasteiger partial charge on any atom is 0.220 e. The molecule has 21 heavy (non-hydrogen) atoms. The molecular formula is C18H26N2O. The first-order valence-corrected chi connectivity index (χ1v) is 8.32. The summed E-state index contributed by atoms with van der Waals surface area (Å²) in [6.45, 7) is 0.696. The molecule has 2 aliphatic rings. The van der Waals surface area contributed by atoms with Crippen molar-refractivity contribution in [2.24, 2.45) is 17.6 Å². The summed E-state index contributed by atoms with van der Waals surface area (Å²) >= 11 is 0. The van der Waals surface area contributed by atoms with Gasteiger partial charge in [0.25, 0.3) is 0 Å². The predicted octanol–water partition coefficient (Wildman–Crippen LogP) is 2.43. The van der Waals surface area contributed by atoms with Crippen molar-refractivity contribution in [3.8, 4) is 0 Å². The highest BCUT2D eigenvalue weighted by Gasteiger charge is 2.28. The van der Waals surface area contributed by atoms with E-state index in [0.717, 1.165) is 32.1 Å². The topological polar surface area (TPSA) is 55.1 Å². The van der Waals surface area contributed by atoms with Crippen LogP contribution in [0.15, 0.2) is 24.3 Å². The fourth-order valence-corrected chi connectivity index (χ4v) is 3.98. The zero-order chi connectivity index (χ0) is 14.7. The summed E-state index contributed by atoms with van der Waals surface area (Å²) in [7, 11) is 0. The number of benzene rings is 1. The molecule has 3 unspecified atom stereocenters. The molecule has 0 radical (unpaired) electrons. The first kappa shape index (κ1) is 14.6. The molecular weight excluding hydrogens is 260 g/mol. The lowest BCUT2D eigenvalue weighted by molar-refractivity contribution is -0.123. The van der Waals surface area contributed by atoms with Gasteiger partial charge in [0.2, 0.25) is 5.91 Å². The second-order valence-corrected chi connectivity index (χ2v) is 6.68. The normalized spacial score (nSPS) is 28.1. The van der Waals surface area contributed by atoms with Gasteiger partial charge in [-0.2, -0.15) is 0 Å². The molecule has 0 aromatic heterocycles. The summed E-state index contributed by atoms with van der Waals surface area (Å²) in [4.78, 5) is 12.3. The van der Waals surface area contributed by atoms with E-state index in [4.69, 9.17) is 5.73 Å². The first-order valence-electron chi connectivity index (χ1n) is 8.32.